The first kappa shape index (κ1) is 11.5. The average molecular weight is 218 g/mol. The fraction of sp³-hybridized carbons (Fsp3) is 0.571. The second-order valence-corrected chi connectivity index (χ2v) is 4.79. The lowest BCUT2D eigenvalue weighted by molar-refractivity contribution is 0.646. The minimum atomic E-state index is 0.559. The number of nitrogens with zero attached hydrogens (tertiary/aromatic N) is 1. The van der Waals surface area contributed by atoms with E-state index in [1.807, 2.05) is 0 Å². The smallest absolute Gasteiger partial charge is 0.0409 e. The molecule has 2 rings (SSSR count). The Morgan fingerprint density at radius 1 is 1.38 bits per heavy atom. The van der Waals surface area contributed by atoms with Crippen molar-refractivity contribution in [3.8, 4) is 0 Å². The zero-order valence-corrected chi connectivity index (χ0v) is 10.6. The standard InChI is InChI=1S/C14H22N2/c1-4-11-7-8-14(16(2)3)12(10-11)13-6-5-9-15-13/h7-8,10,13,15H,4-6,9H2,1-3H3. The van der Waals surface area contributed by atoms with Crippen LogP contribution in [0.3, 0.4) is 0 Å². The number of anilines is 1. The van der Waals surface area contributed by atoms with E-state index >= 15 is 0 Å². The van der Waals surface area contributed by atoms with Crippen LogP contribution < -0.4 is 10.2 Å². The van der Waals surface area contributed by atoms with E-state index in [1.54, 1.807) is 0 Å². The number of nitrogens with one attached hydrogen (secondary N) is 1. The molecule has 16 heavy (non-hydrogen) atoms. The van der Waals surface area contributed by atoms with Crippen molar-refractivity contribution in [1.29, 1.82) is 0 Å². The molecule has 0 amide bonds. The Balaban J connectivity index is 2.37. The van der Waals surface area contributed by atoms with Crippen LogP contribution in [0.4, 0.5) is 5.69 Å². The van der Waals surface area contributed by atoms with E-state index in [9.17, 15) is 0 Å². The summed E-state index contributed by atoms with van der Waals surface area (Å²) in [5.41, 5.74) is 4.27. The van der Waals surface area contributed by atoms with Gasteiger partial charge in [-0.2, -0.15) is 0 Å². The van der Waals surface area contributed by atoms with Gasteiger partial charge in [0.05, 0.1) is 0 Å². The van der Waals surface area contributed by atoms with Crippen LogP contribution in [0.1, 0.15) is 36.9 Å². The molecule has 1 aliphatic rings. The summed E-state index contributed by atoms with van der Waals surface area (Å²) in [6.45, 7) is 3.38. The van der Waals surface area contributed by atoms with Crippen molar-refractivity contribution in [3.63, 3.8) is 0 Å². The Morgan fingerprint density at radius 3 is 2.75 bits per heavy atom. The highest BCUT2D eigenvalue weighted by atomic mass is 15.1. The molecule has 1 fully saturated rings. The molecule has 1 aromatic rings. The van der Waals surface area contributed by atoms with Gasteiger partial charge >= 0.3 is 0 Å². The molecule has 0 aliphatic carbocycles. The summed E-state index contributed by atoms with van der Waals surface area (Å²) in [6, 6.07) is 7.43. The van der Waals surface area contributed by atoms with Gasteiger partial charge in [0, 0.05) is 25.8 Å². The van der Waals surface area contributed by atoms with Crippen LogP contribution in [-0.2, 0) is 6.42 Å². The average Bonchev–Trinajstić information content (AvgIpc) is 2.81. The van der Waals surface area contributed by atoms with Crippen molar-refractivity contribution in [2.75, 3.05) is 25.5 Å². The predicted molar refractivity (Wildman–Crippen MR) is 70.1 cm³/mol. The minimum Gasteiger partial charge on any atom is -0.377 e. The van der Waals surface area contributed by atoms with Crippen molar-refractivity contribution in [2.45, 2.75) is 32.2 Å². The van der Waals surface area contributed by atoms with Crippen LogP contribution in [0.2, 0.25) is 0 Å². The maximum absolute atomic E-state index is 3.59. The van der Waals surface area contributed by atoms with E-state index in [-0.39, 0.29) is 0 Å². The Labute approximate surface area is 98.7 Å². The molecule has 0 saturated carbocycles. The number of hydrogen-bond donors (Lipinski definition) is 1. The highest BCUT2D eigenvalue weighted by Crippen LogP contribution is 2.31. The van der Waals surface area contributed by atoms with E-state index in [0.717, 1.165) is 13.0 Å². The number of aryl methyl sites for hydroxylation is 1. The first-order valence-corrected chi connectivity index (χ1v) is 6.26. The van der Waals surface area contributed by atoms with Gasteiger partial charge in [-0.25, -0.2) is 0 Å². The van der Waals surface area contributed by atoms with Crippen molar-refractivity contribution < 1.29 is 0 Å². The quantitative estimate of drug-likeness (QED) is 0.839. The van der Waals surface area contributed by atoms with E-state index < -0.39 is 0 Å². The molecule has 0 bridgehead atoms. The molecule has 1 heterocycles. The molecule has 88 valence electrons. The highest BCUT2D eigenvalue weighted by Gasteiger charge is 2.20. The van der Waals surface area contributed by atoms with Gasteiger partial charge in [0.1, 0.15) is 0 Å². The highest BCUT2D eigenvalue weighted by molar-refractivity contribution is 5.55. The fourth-order valence-electron chi connectivity index (χ4n) is 2.46. The second-order valence-electron chi connectivity index (χ2n) is 4.79. The van der Waals surface area contributed by atoms with Crippen LogP contribution in [0.5, 0.6) is 0 Å². The molecule has 1 N–H and O–H groups in total. The lowest BCUT2D eigenvalue weighted by Crippen LogP contribution is -2.18. The van der Waals surface area contributed by atoms with Crippen molar-refractivity contribution in [1.82, 2.24) is 5.32 Å². The largest absolute Gasteiger partial charge is 0.377 e. The Kier molecular flexibility index (Phi) is 3.49. The summed E-state index contributed by atoms with van der Waals surface area (Å²) in [7, 11) is 4.25. The molecule has 1 aliphatic heterocycles. The zero-order chi connectivity index (χ0) is 11.5. The minimum absolute atomic E-state index is 0.559. The third-order valence-electron chi connectivity index (χ3n) is 3.42. The van der Waals surface area contributed by atoms with Crippen LogP contribution in [0.15, 0.2) is 18.2 Å². The molecular weight excluding hydrogens is 196 g/mol. The molecule has 0 spiro atoms. The first-order valence-electron chi connectivity index (χ1n) is 6.26. The van der Waals surface area contributed by atoms with Crippen LogP contribution >= 0.6 is 0 Å². The van der Waals surface area contributed by atoms with E-state index in [4.69, 9.17) is 0 Å². The third-order valence-corrected chi connectivity index (χ3v) is 3.42. The number of rotatable bonds is 3. The van der Waals surface area contributed by atoms with Crippen LogP contribution in [-0.4, -0.2) is 20.6 Å². The maximum Gasteiger partial charge on any atom is 0.0409 e. The molecule has 2 nitrogen and oxygen atoms in total. The van der Waals surface area contributed by atoms with Crippen molar-refractivity contribution in [3.05, 3.63) is 29.3 Å². The summed E-state index contributed by atoms with van der Waals surface area (Å²) in [5, 5.41) is 3.59. The molecule has 0 aromatic heterocycles. The number of hydrogen-bond acceptors (Lipinski definition) is 2. The number of benzene rings is 1. The first-order chi connectivity index (χ1) is 7.72. The van der Waals surface area contributed by atoms with E-state index in [0.29, 0.717) is 6.04 Å². The van der Waals surface area contributed by atoms with E-state index in [1.165, 1.54) is 29.7 Å². The Bertz CT molecular complexity index is 352. The van der Waals surface area contributed by atoms with Gasteiger partial charge in [-0.15, -0.1) is 0 Å². The maximum atomic E-state index is 3.59. The Hall–Kier alpha value is -1.02. The van der Waals surface area contributed by atoms with Crippen LogP contribution in [0, 0.1) is 0 Å². The summed E-state index contributed by atoms with van der Waals surface area (Å²) in [6.07, 6.45) is 3.69. The molecule has 1 unspecified atom stereocenters. The molecule has 0 radical (unpaired) electrons. The topological polar surface area (TPSA) is 15.3 Å². The molecule has 1 saturated heterocycles. The van der Waals surface area contributed by atoms with Gasteiger partial charge in [0.15, 0.2) is 0 Å². The summed E-state index contributed by atoms with van der Waals surface area (Å²) in [5.74, 6) is 0. The molecular formula is C14H22N2. The monoisotopic (exact) mass is 218 g/mol. The predicted octanol–water partition coefficient (Wildman–Crippen LogP) is 2.74. The van der Waals surface area contributed by atoms with Crippen LogP contribution in [0.25, 0.3) is 0 Å². The summed E-state index contributed by atoms with van der Waals surface area (Å²) < 4.78 is 0. The normalized spacial score (nSPS) is 20.1. The van der Waals surface area contributed by atoms with Gasteiger partial charge in [0.25, 0.3) is 0 Å². The van der Waals surface area contributed by atoms with Gasteiger partial charge in [0.2, 0.25) is 0 Å². The van der Waals surface area contributed by atoms with Crippen molar-refractivity contribution in [2.24, 2.45) is 0 Å². The SMILES string of the molecule is CCc1ccc(N(C)C)c(C2CCCN2)c1. The van der Waals surface area contributed by atoms with Gasteiger partial charge < -0.3 is 10.2 Å². The lowest BCUT2D eigenvalue weighted by atomic mass is 9.99. The second kappa shape index (κ2) is 4.88. The molecule has 1 atom stereocenters. The zero-order valence-electron chi connectivity index (χ0n) is 10.6. The summed E-state index contributed by atoms with van der Waals surface area (Å²) >= 11 is 0. The summed E-state index contributed by atoms with van der Waals surface area (Å²) in [4.78, 5) is 2.22. The van der Waals surface area contributed by atoms with Gasteiger partial charge in [-0.3, -0.25) is 0 Å². The molecule has 1 aromatic carbocycles. The lowest BCUT2D eigenvalue weighted by Gasteiger charge is -2.22. The van der Waals surface area contributed by atoms with Crippen molar-refractivity contribution >= 4 is 5.69 Å². The van der Waals surface area contributed by atoms with Gasteiger partial charge in [-0.05, 0) is 43.0 Å². The third kappa shape index (κ3) is 2.22. The van der Waals surface area contributed by atoms with E-state index in [2.05, 4.69) is 49.4 Å². The Morgan fingerprint density at radius 2 is 2.19 bits per heavy atom. The molecule has 2 heteroatoms. The fourth-order valence-corrected chi connectivity index (χ4v) is 2.46. The van der Waals surface area contributed by atoms with Gasteiger partial charge in [-0.1, -0.05) is 19.1 Å².